The molecular formula is C6H7O-. The molecular weight excluding hydrogens is 88.1 g/mol. The normalized spacial score (nSPS) is 8.71. The summed E-state index contributed by atoms with van der Waals surface area (Å²) < 4.78 is 4.93. The van der Waals surface area contributed by atoms with Gasteiger partial charge in [-0.2, -0.15) is 12.5 Å². The monoisotopic (exact) mass is 95.1 g/mol. The smallest absolute Gasteiger partial charge is 0.0688 e. The van der Waals surface area contributed by atoms with Gasteiger partial charge < -0.3 is 4.42 Å². The van der Waals surface area contributed by atoms with Crippen molar-refractivity contribution in [2.75, 3.05) is 0 Å². The maximum absolute atomic E-state index is 4.93. The molecule has 7 heavy (non-hydrogen) atoms. The molecule has 0 N–H and O–H groups in total. The van der Waals surface area contributed by atoms with Crippen molar-refractivity contribution in [3.63, 3.8) is 0 Å². The molecule has 1 aromatic rings. The second-order valence-electron chi connectivity index (χ2n) is 1.30. The van der Waals surface area contributed by atoms with Crippen LogP contribution in [0.5, 0.6) is 0 Å². The van der Waals surface area contributed by atoms with E-state index >= 15 is 0 Å². The summed E-state index contributed by atoms with van der Waals surface area (Å²) >= 11 is 0. The number of furan rings is 1. The lowest BCUT2D eigenvalue weighted by atomic mass is 10.4. The summed E-state index contributed by atoms with van der Waals surface area (Å²) in [7, 11) is 0. The fourth-order valence-electron chi connectivity index (χ4n) is 0.456. The van der Waals surface area contributed by atoms with Crippen molar-refractivity contribution in [2.45, 2.75) is 6.92 Å². The van der Waals surface area contributed by atoms with E-state index in [1.54, 1.807) is 6.26 Å². The lowest BCUT2D eigenvalue weighted by Crippen LogP contribution is -1.62. The third kappa shape index (κ3) is 0.769. The largest absolute Gasteiger partial charge is 0.504 e. The highest BCUT2D eigenvalue weighted by Crippen LogP contribution is 2.00. The predicted molar refractivity (Wildman–Crippen MR) is 27.8 cm³/mol. The van der Waals surface area contributed by atoms with Crippen LogP contribution in [-0.2, 0) is 0 Å². The first-order valence-electron chi connectivity index (χ1n) is 2.26. The van der Waals surface area contributed by atoms with Crippen molar-refractivity contribution >= 4 is 0 Å². The van der Waals surface area contributed by atoms with Crippen LogP contribution in [0.4, 0.5) is 0 Å². The summed E-state index contributed by atoms with van der Waals surface area (Å²) in [5.74, 6) is 0.931. The van der Waals surface area contributed by atoms with E-state index in [4.69, 9.17) is 4.42 Å². The van der Waals surface area contributed by atoms with Crippen LogP contribution in [0.1, 0.15) is 12.7 Å². The predicted octanol–water partition coefficient (Wildman–Crippen LogP) is 1.85. The van der Waals surface area contributed by atoms with Crippen LogP contribution in [0, 0.1) is 6.42 Å². The fourth-order valence-corrected chi connectivity index (χ4v) is 0.456. The third-order valence-corrected chi connectivity index (χ3v) is 0.828. The number of hydrogen-bond acceptors (Lipinski definition) is 1. The van der Waals surface area contributed by atoms with Crippen LogP contribution in [0.3, 0.4) is 0 Å². The van der Waals surface area contributed by atoms with Crippen LogP contribution in [0.15, 0.2) is 22.8 Å². The standard InChI is InChI=1S/C6H7O/c1-2-6-4-3-5-7-6/h2-5H,1H3/q-1. The average molecular weight is 95.1 g/mol. The number of hydrogen-bond donors (Lipinski definition) is 0. The van der Waals surface area contributed by atoms with Gasteiger partial charge in [0, 0.05) is 0 Å². The zero-order chi connectivity index (χ0) is 5.11. The van der Waals surface area contributed by atoms with Crippen LogP contribution >= 0.6 is 0 Å². The lowest BCUT2D eigenvalue weighted by Gasteiger charge is -1.91. The maximum Gasteiger partial charge on any atom is 0.0688 e. The van der Waals surface area contributed by atoms with Crippen LogP contribution in [-0.4, -0.2) is 0 Å². The summed E-state index contributed by atoms with van der Waals surface area (Å²) in [6, 6.07) is 3.79. The Kier molecular flexibility index (Phi) is 1.07. The van der Waals surface area contributed by atoms with Crippen molar-refractivity contribution in [3.05, 3.63) is 30.6 Å². The highest BCUT2D eigenvalue weighted by Gasteiger charge is 1.72. The Morgan fingerprint density at radius 3 is 2.86 bits per heavy atom. The summed E-state index contributed by atoms with van der Waals surface area (Å²) in [5, 5.41) is 0. The molecule has 0 amide bonds. The molecule has 0 fully saturated rings. The van der Waals surface area contributed by atoms with Crippen LogP contribution in [0.25, 0.3) is 0 Å². The topological polar surface area (TPSA) is 13.1 Å². The number of rotatable bonds is 1. The van der Waals surface area contributed by atoms with Gasteiger partial charge in [0.1, 0.15) is 0 Å². The molecule has 38 valence electrons. The zero-order valence-corrected chi connectivity index (χ0v) is 4.22. The Morgan fingerprint density at radius 2 is 2.57 bits per heavy atom. The summed E-state index contributed by atoms with van der Waals surface area (Å²) in [6.45, 7) is 1.94. The zero-order valence-electron chi connectivity index (χ0n) is 4.22. The molecule has 0 radical (unpaired) electrons. The van der Waals surface area contributed by atoms with E-state index in [1.165, 1.54) is 0 Å². The fraction of sp³-hybridized carbons (Fsp3) is 0.167. The minimum absolute atomic E-state index is 0.931. The van der Waals surface area contributed by atoms with Gasteiger partial charge in [0.05, 0.1) is 6.26 Å². The highest BCUT2D eigenvalue weighted by atomic mass is 16.3. The van der Waals surface area contributed by atoms with Crippen LogP contribution < -0.4 is 0 Å². The SMILES string of the molecule is C[CH-]c1ccco1. The minimum atomic E-state index is 0.931. The van der Waals surface area contributed by atoms with Gasteiger partial charge in [0.15, 0.2) is 0 Å². The van der Waals surface area contributed by atoms with Gasteiger partial charge in [-0.3, -0.25) is 0 Å². The molecule has 0 aromatic carbocycles. The van der Waals surface area contributed by atoms with Crippen molar-refractivity contribution in [1.29, 1.82) is 0 Å². The Balaban J connectivity index is 2.76. The van der Waals surface area contributed by atoms with Crippen LogP contribution in [0.2, 0.25) is 0 Å². The summed E-state index contributed by atoms with van der Waals surface area (Å²) in [6.07, 6.45) is 3.58. The highest BCUT2D eigenvalue weighted by molar-refractivity contribution is 5.06. The van der Waals surface area contributed by atoms with Crippen molar-refractivity contribution in [1.82, 2.24) is 0 Å². The van der Waals surface area contributed by atoms with E-state index in [0.717, 1.165) is 5.76 Å². The maximum atomic E-state index is 4.93. The molecule has 1 nitrogen and oxygen atoms in total. The van der Waals surface area contributed by atoms with Gasteiger partial charge in [-0.05, 0) is 5.76 Å². The average Bonchev–Trinajstić information content (AvgIpc) is 2.14. The molecule has 0 unspecified atom stereocenters. The first-order chi connectivity index (χ1) is 3.43. The molecule has 1 heterocycles. The van der Waals surface area contributed by atoms with E-state index in [0.29, 0.717) is 0 Å². The molecule has 1 heteroatoms. The van der Waals surface area contributed by atoms with E-state index in [1.807, 2.05) is 25.5 Å². The first kappa shape index (κ1) is 4.31. The van der Waals surface area contributed by atoms with E-state index < -0.39 is 0 Å². The Bertz CT molecular complexity index is 119. The molecule has 0 aliphatic carbocycles. The molecule has 1 aromatic heterocycles. The molecule has 0 saturated heterocycles. The van der Waals surface area contributed by atoms with Crippen molar-refractivity contribution in [2.24, 2.45) is 0 Å². The van der Waals surface area contributed by atoms with Gasteiger partial charge in [0.2, 0.25) is 0 Å². The van der Waals surface area contributed by atoms with Gasteiger partial charge in [-0.1, -0.05) is 0 Å². The Labute approximate surface area is 43.0 Å². The molecule has 0 atom stereocenters. The van der Waals surface area contributed by atoms with Gasteiger partial charge in [-0.15, -0.1) is 13.0 Å². The van der Waals surface area contributed by atoms with Gasteiger partial charge in [-0.25, -0.2) is 0 Å². The molecule has 0 bridgehead atoms. The summed E-state index contributed by atoms with van der Waals surface area (Å²) in [4.78, 5) is 0. The molecule has 1 rings (SSSR count). The molecule has 0 saturated carbocycles. The van der Waals surface area contributed by atoms with Gasteiger partial charge in [0.25, 0.3) is 0 Å². The second kappa shape index (κ2) is 1.73. The third-order valence-electron chi connectivity index (χ3n) is 0.828. The van der Waals surface area contributed by atoms with Crippen molar-refractivity contribution < 1.29 is 4.42 Å². The second-order valence-corrected chi connectivity index (χ2v) is 1.30. The summed E-state index contributed by atoms with van der Waals surface area (Å²) in [5.41, 5.74) is 0. The van der Waals surface area contributed by atoms with E-state index in [9.17, 15) is 0 Å². The minimum Gasteiger partial charge on any atom is -0.504 e. The van der Waals surface area contributed by atoms with Gasteiger partial charge >= 0.3 is 0 Å². The molecule has 0 spiro atoms. The molecule has 0 aliphatic heterocycles. The Hall–Kier alpha value is -0.850. The Morgan fingerprint density at radius 1 is 1.71 bits per heavy atom. The quantitative estimate of drug-likeness (QED) is 0.485. The van der Waals surface area contributed by atoms with Crippen molar-refractivity contribution in [3.8, 4) is 0 Å². The molecule has 0 aliphatic rings. The van der Waals surface area contributed by atoms with E-state index in [-0.39, 0.29) is 0 Å². The van der Waals surface area contributed by atoms with E-state index in [2.05, 4.69) is 0 Å². The lowest BCUT2D eigenvalue weighted by molar-refractivity contribution is 0.540. The first-order valence-corrected chi connectivity index (χ1v) is 2.26.